The van der Waals surface area contributed by atoms with Crippen LogP contribution >= 0.6 is 0 Å². The third-order valence-corrected chi connectivity index (χ3v) is 5.50. The van der Waals surface area contributed by atoms with Gasteiger partial charge in [-0.1, -0.05) is 13.0 Å². The van der Waals surface area contributed by atoms with Gasteiger partial charge < -0.3 is 19.5 Å². The second kappa shape index (κ2) is 5.69. The molecule has 1 aliphatic carbocycles. The van der Waals surface area contributed by atoms with Crippen LogP contribution in [0.1, 0.15) is 36.3 Å². The molecule has 1 aromatic rings. The fourth-order valence-electron chi connectivity index (χ4n) is 4.35. The predicted molar refractivity (Wildman–Crippen MR) is 94.6 cm³/mol. The molecule has 5 nitrogen and oxygen atoms in total. The van der Waals surface area contributed by atoms with Gasteiger partial charge in [-0.25, -0.2) is 4.79 Å². The van der Waals surface area contributed by atoms with E-state index in [4.69, 9.17) is 9.47 Å². The van der Waals surface area contributed by atoms with Crippen LogP contribution in [0.2, 0.25) is 0 Å². The Hall–Kier alpha value is -2.69. The molecule has 2 aliphatic heterocycles. The fourth-order valence-corrected chi connectivity index (χ4v) is 4.35. The highest BCUT2D eigenvalue weighted by molar-refractivity contribution is 5.95. The second-order valence-electron chi connectivity index (χ2n) is 6.71. The summed E-state index contributed by atoms with van der Waals surface area (Å²) in [6, 6.07) is 4.35. The predicted octanol–water partition coefficient (Wildman–Crippen LogP) is 3.53. The lowest BCUT2D eigenvalue weighted by Crippen LogP contribution is -2.38. The average Bonchev–Trinajstić information content (AvgIpc) is 3.09. The summed E-state index contributed by atoms with van der Waals surface area (Å²) in [6.07, 6.45) is 6.90. The number of methoxy groups -OCH3 is 2. The van der Waals surface area contributed by atoms with E-state index in [1.807, 2.05) is 12.1 Å². The Bertz CT molecular complexity index is 836. The smallest absolute Gasteiger partial charge is 0.337 e. The molecule has 1 fully saturated rings. The zero-order valence-electron chi connectivity index (χ0n) is 14.4. The molecule has 25 heavy (non-hydrogen) atoms. The van der Waals surface area contributed by atoms with Crippen molar-refractivity contribution in [2.45, 2.75) is 31.2 Å². The highest BCUT2D eigenvalue weighted by Gasteiger charge is 2.42. The van der Waals surface area contributed by atoms with E-state index in [9.17, 15) is 9.90 Å². The number of carboxylic acid groups (broad SMARTS) is 1. The van der Waals surface area contributed by atoms with E-state index in [1.165, 1.54) is 5.56 Å². The van der Waals surface area contributed by atoms with Gasteiger partial charge in [-0.2, -0.15) is 0 Å². The van der Waals surface area contributed by atoms with E-state index in [1.54, 1.807) is 20.4 Å². The number of hydrogen-bond donors (Lipinski definition) is 1. The molecule has 0 spiro atoms. The van der Waals surface area contributed by atoms with Crippen LogP contribution < -0.4 is 9.47 Å². The Morgan fingerprint density at radius 1 is 1.24 bits per heavy atom. The van der Waals surface area contributed by atoms with Crippen molar-refractivity contribution in [1.29, 1.82) is 0 Å². The summed E-state index contributed by atoms with van der Waals surface area (Å²) in [5.74, 6) is 0.840. The van der Waals surface area contributed by atoms with Gasteiger partial charge in [0.15, 0.2) is 11.5 Å². The van der Waals surface area contributed by atoms with Crippen LogP contribution in [0.5, 0.6) is 11.5 Å². The summed E-state index contributed by atoms with van der Waals surface area (Å²) in [5, 5.41) is 9.46. The number of hydrogen-bond acceptors (Lipinski definition) is 4. The summed E-state index contributed by atoms with van der Waals surface area (Å²) in [5.41, 5.74) is 4.11. The van der Waals surface area contributed by atoms with Crippen molar-refractivity contribution < 1.29 is 19.4 Å². The summed E-state index contributed by atoms with van der Waals surface area (Å²) >= 11 is 0. The number of aliphatic carboxylic acids is 1. The van der Waals surface area contributed by atoms with Crippen LogP contribution in [0.4, 0.5) is 0 Å². The molecule has 2 atom stereocenters. The highest BCUT2D eigenvalue weighted by Crippen LogP contribution is 2.51. The van der Waals surface area contributed by atoms with Gasteiger partial charge in [0.2, 0.25) is 0 Å². The molecular formula is C20H21NO4. The van der Waals surface area contributed by atoms with Gasteiger partial charge in [0.05, 0.1) is 19.8 Å². The Morgan fingerprint density at radius 3 is 2.64 bits per heavy atom. The zero-order chi connectivity index (χ0) is 17.7. The van der Waals surface area contributed by atoms with Crippen LogP contribution in [-0.2, 0) is 4.79 Å². The van der Waals surface area contributed by atoms with E-state index in [2.05, 4.69) is 17.5 Å². The molecule has 2 unspecified atom stereocenters. The molecule has 0 radical (unpaired) electrons. The lowest BCUT2D eigenvalue weighted by molar-refractivity contribution is -0.132. The SMILES string of the molecule is C=C1C=C2c3cc(OC)c(OC)cc3C3CCCC3N2C=C1C(=O)O. The molecule has 2 heterocycles. The van der Waals surface area contributed by atoms with E-state index in [-0.39, 0.29) is 11.6 Å². The number of rotatable bonds is 3. The maximum Gasteiger partial charge on any atom is 0.337 e. The summed E-state index contributed by atoms with van der Waals surface area (Å²) < 4.78 is 11.0. The van der Waals surface area contributed by atoms with E-state index < -0.39 is 5.97 Å². The lowest BCUT2D eigenvalue weighted by Gasteiger charge is -2.42. The minimum Gasteiger partial charge on any atom is -0.493 e. The molecule has 4 rings (SSSR count). The van der Waals surface area contributed by atoms with Gasteiger partial charge in [-0.05, 0) is 42.2 Å². The number of carboxylic acids is 1. The first-order chi connectivity index (χ1) is 12.0. The largest absolute Gasteiger partial charge is 0.493 e. The Kier molecular flexibility index (Phi) is 3.60. The van der Waals surface area contributed by atoms with Crippen molar-refractivity contribution in [2.24, 2.45) is 0 Å². The van der Waals surface area contributed by atoms with Crippen LogP contribution in [0.3, 0.4) is 0 Å². The Balaban J connectivity index is 1.92. The molecule has 1 N–H and O–H groups in total. The first-order valence-corrected chi connectivity index (χ1v) is 8.46. The van der Waals surface area contributed by atoms with E-state index >= 15 is 0 Å². The molecule has 0 amide bonds. The molecule has 1 saturated carbocycles. The van der Waals surface area contributed by atoms with Gasteiger partial charge >= 0.3 is 5.97 Å². The maximum absolute atomic E-state index is 11.5. The van der Waals surface area contributed by atoms with Crippen LogP contribution in [-0.4, -0.2) is 36.2 Å². The topological polar surface area (TPSA) is 59.0 Å². The first kappa shape index (κ1) is 15.8. The van der Waals surface area contributed by atoms with Crippen LogP contribution in [0, 0.1) is 0 Å². The minimum atomic E-state index is -0.937. The lowest BCUT2D eigenvalue weighted by atomic mass is 9.81. The number of ether oxygens (including phenoxy) is 2. The molecule has 0 aromatic heterocycles. The summed E-state index contributed by atoms with van der Waals surface area (Å²) in [6.45, 7) is 3.93. The Morgan fingerprint density at radius 2 is 1.96 bits per heavy atom. The Labute approximate surface area is 146 Å². The molecule has 0 bridgehead atoms. The van der Waals surface area contributed by atoms with Gasteiger partial charge in [-0.3, -0.25) is 0 Å². The standard InChI is InChI=1S/C20H21NO4/c1-11-7-17-14-9-19(25-3)18(24-2)8-13(14)12-5-4-6-16(12)21(17)10-15(11)20(22)23/h7-10,12,16H,1,4-6H2,2-3H3,(H,22,23). The first-order valence-electron chi connectivity index (χ1n) is 8.46. The van der Waals surface area contributed by atoms with Crippen molar-refractivity contribution in [3.63, 3.8) is 0 Å². The molecule has 130 valence electrons. The monoisotopic (exact) mass is 339 g/mol. The van der Waals surface area contributed by atoms with Crippen molar-refractivity contribution in [3.05, 3.63) is 53.3 Å². The summed E-state index contributed by atoms with van der Waals surface area (Å²) in [4.78, 5) is 13.7. The van der Waals surface area contributed by atoms with Gasteiger partial charge in [-0.15, -0.1) is 0 Å². The normalized spacial score (nSPS) is 23.9. The molecular weight excluding hydrogens is 318 g/mol. The second-order valence-corrected chi connectivity index (χ2v) is 6.71. The number of benzene rings is 1. The van der Waals surface area contributed by atoms with E-state index in [0.717, 1.165) is 36.3 Å². The third kappa shape index (κ3) is 2.26. The fraction of sp³-hybridized carbons (Fsp3) is 0.350. The van der Waals surface area contributed by atoms with Crippen molar-refractivity contribution in [3.8, 4) is 11.5 Å². The third-order valence-electron chi connectivity index (χ3n) is 5.50. The van der Waals surface area contributed by atoms with Crippen LogP contribution in [0.15, 0.2) is 42.1 Å². The number of allylic oxidation sites excluding steroid dienone is 1. The van der Waals surface area contributed by atoms with E-state index in [0.29, 0.717) is 17.2 Å². The highest BCUT2D eigenvalue weighted by atomic mass is 16.5. The molecule has 5 heteroatoms. The van der Waals surface area contributed by atoms with Crippen molar-refractivity contribution in [1.82, 2.24) is 4.90 Å². The van der Waals surface area contributed by atoms with Gasteiger partial charge in [0, 0.05) is 29.4 Å². The number of fused-ring (bicyclic) bond motifs is 6. The molecule has 1 aromatic carbocycles. The summed E-state index contributed by atoms with van der Waals surface area (Å²) in [7, 11) is 3.27. The quantitative estimate of drug-likeness (QED) is 0.913. The minimum absolute atomic E-state index is 0.262. The van der Waals surface area contributed by atoms with Gasteiger partial charge in [0.25, 0.3) is 0 Å². The van der Waals surface area contributed by atoms with Crippen molar-refractivity contribution >= 4 is 11.7 Å². The zero-order valence-corrected chi connectivity index (χ0v) is 14.4. The molecule has 0 saturated heterocycles. The average molecular weight is 339 g/mol. The molecule has 3 aliphatic rings. The maximum atomic E-state index is 11.5. The van der Waals surface area contributed by atoms with Crippen LogP contribution in [0.25, 0.3) is 5.70 Å². The van der Waals surface area contributed by atoms with Gasteiger partial charge in [0.1, 0.15) is 0 Å². The number of nitrogens with zero attached hydrogens (tertiary/aromatic N) is 1. The number of carbonyl (C=O) groups is 1. The van der Waals surface area contributed by atoms with Crippen molar-refractivity contribution in [2.75, 3.05) is 14.2 Å².